The van der Waals surface area contributed by atoms with Crippen molar-refractivity contribution >= 4 is 22.8 Å². The summed E-state index contributed by atoms with van der Waals surface area (Å²) in [5, 5.41) is 4.55. The van der Waals surface area contributed by atoms with Gasteiger partial charge in [0, 0.05) is 18.0 Å². The Hall–Kier alpha value is -3.88. The van der Waals surface area contributed by atoms with Gasteiger partial charge in [0.05, 0.1) is 33.0 Å². The molecule has 1 amide bonds. The summed E-state index contributed by atoms with van der Waals surface area (Å²) in [6.45, 7) is -0.272. The maximum Gasteiger partial charge on any atom is 0.325 e. The van der Waals surface area contributed by atoms with Crippen molar-refractivity contribution in [3.63, 3.8) is 0 Å². The molecule has 0 atom stereocenters. The maximum absolute atomic E-state index is 13.1. The van der Waals surface area contributed by atoms with E-state index >= 15 is 0 Å². The van der Waals surface area contributed by atoms with Crippen LogP contribution in [-0.4, -0.2) is 54.4 Å². The van der Waals surface area contributed by atoms with Gasteiger partial charge in [0.25, 0.3) is 0 Å². The van der Waals surface area contributed by atoms with Crippen molar-refractivity contribution < 1.29 is 23.8 Å². The van der Waals surface area contributed by atoms with Gasteiger partial charge in [0.1, 0.15) is 24.6 Å². The molecule has 162 valence electrons. The smallest absolute Gasteiger partial charge is 0.325 e. The van der Waals surface area contributed by atoms with Crippen molar-refractivity contribution in [1.82, 2.24) is 14.7 Å². The van der Waals surface area contributed by atoms with Gasteiger partial charge in [-0.05, 0) is 29.8 Å². The molecular weight excluding hydrogens is 402 g/mol. The summed E-state index contributed by atoms with van der Waals surface area (Å²) >= 11 is 0. The van der Waals surface area contributed by atoms with Crippen LogP contribution < -0.4 is 14.9 Å². The van der Waals surface area contributed by atoms with Crippen LogP contribution >= 0.6 is 0 Å². The molecule has 1 aromatic heterocycles. The van der Waals surface area contributed by atoms with Gasteiger partial charge in [-0.1, -0.05) is 12.1 Å². The fourth-order valence-corrected chi connectivity index (χ4v) is 3.15. The Balaban J connectivity index is 1.91. The normalized spacial score (nSPS) is 10.5. The second-order valence-electron chi connectivity index (χ2n) is 6.73. The number of carbonyl (C=O) groups excluding carboxylic acids is 2. The predicted molar refractivity (Wildman–Crippen MR) is 113 cm³/mol. The van der Waals surface area contributed by atoms with Crippen molar-refractivity contribution in [2.24, 2.45) is 0 Å². The van der Waals surface area contributed by atoms with Gasteiger partial charge in [0.2, 0.25) is 11.3 Å². The number of ether oxygens (including phenoxy) is 3. The lowest BCUT2D eigenvalue weighted by Crippen LogP contribution is -2.38. The molecule has 1 heterocycles. The van der Waals surface area contributed by atoms with Crippen LogP contribution in [0.15, 0.2) is 53.5 Å². The molecule has 9 heteroatoms. The number of benzene rings is 2. The predicted octanol–water partition coefficient (Wildman–Crippen LogP) is 1.62. The Bertz CT molecular complexity index is 1140. The molecule has 0 aliphatic heterocycles. The van der Waals surface area contributed by atoms with Crippen molar-refractivity contribution in [2.45, 2.75) is 13.1 Å². The van der Waals surface area contributed by atoms with Crippen LogP contribution in [0.1, 0.15) is 5.56 Å². The lowest BCUT2D eigenvalue weighted by atomic mass is 10.1. The van der Waals surface area contributed by atoms with Crippen molar-refractivity contribution in [3.05, 3.63) is 64.4 Å². The largest absolute Gasteiger partial charge is 0.497 e. The van der Waals surface area contributed by atoms with Crippen molar-refractivity contribution in [1.29, 1.82) is 0 Å². The van der Waals surface area contributed by atoms with Crippen LogP contribution in [0, 0.1) is 0 Å². The van der Waals surface area contributed by atoms with E-state index in [0.29, 0.717) is 28.0 Å². The number of carbonyl (C=O) groups is 2. The minimum absolute atomic E-state index is 0.125. The van der Waals surface area contributed by atoms with E-state index in [1.54, 1.807) is 42.5 Å². The quantitative estimate of drug-likeness (QED) is 0.506. The fraction of sp³-hybridized carbons (Fsp3) is 0.273. The minimum Gasteiger partial charge on any atom is -0.497 e. The second kappa shape index (κ2) is 9.75. The summed E-state index contributed by atoms with van der Waals surface area (Å²) in [7, 11) is 4.32. The molecule has 0 N–H and O–H groups in total. The lowest BCUT2D eigenvalue weighted by molar-refractivity contribution is -0.147. The maximum atomic E-state index is 13.1. The van der Waals surface area contributed by atoms with E-state index in [2.05, 4.69) is 5.10 Å². The number of fused-ring (bicyclic) bond motifs is 1. The fourth-order valence-electron chi connectivity index (χ4n) is 3.15. The Morgan fingerprint density at radius 3 is 2.35 bits per heavy atom. The van der Waals surface area contributed by atoms with Gasteiger partial charge in [-0.25, -0.2) is 0 Å². The van der Waals surface area contributed by atoms with E-state index < -0.39 is 5.97 Å². The van der Waals surface area contributed by atoms with Crippen LogP contribution in [-0.2, 0) is 27.4 Å². The monoisotopic (exact) mass is 425 g/mol. The number of hydrogen-bond donors (Lipinski definition) is 0. The number of amides is 1. The van der Waals surface area contributed by atoms with Gasteiger partial charge >= 0.3 is 5.97 Å². The van der Waals surface area contributed by atoms with E-state index in [-0.39, 0.29) is 31.0 Å². The molecule has 0 aliphatic rings. The molecule has 0 aliphatic carbocycles. The molecular formula is C22H23N3O6. The van der Waals surface area contributed by atoms with E-state index in [1.165, 1.54) is 37.1 Å². The molecule has 0 spiro atoms. The number of nitrogens with zero attached hydrogens (tertiary/aromatic N) is 3. The SMILES string of the molecule is COC(=O)CN(Cc1cc(OC)cc(OC)c1)C(=O)Cn1ncc(=O)c2ccccc21. The molecule has 0 bridgehead atoms. The van der Waals surface area contributed by atoms with Gasteiger partial charge in [-0.3, -0.25) is 19.1 Å². The molecule has 0 saturated carbocycles. The first-order chi connectivity index (χ1) is 14.9. The number of rotatable bonds is 8. The van der Waals surface area contributed by atoms with Crippen LogP contribution in [0.2, 0.25) is 0 Å². The molecule has 2 aromatic carbocycles. The molecule has 0 fully saturated rings. The molecule has 0 radical (unpaired) electrons. The van der Waals surface area contributed by atoms with Gasteiger partial charge < -0.3 is 19.1 Å². The first-order valence-corrected chi connectivity index (χ1v) is 9.46. The van der Waals surface area contributed by atoms with Crippen LogP contribution in [0.4, 0.5) is 0 Å². The Kier molecular flexibility index (Phi) is 6.86. The van der Waals surface area contributed by atoms with Crippen LogP contribution in [0.25, 0.3) is 10.9 Å². The number of hydrogen-bond acceptors (Lipinski definition) is 7. The third kappa shape index (κ3) is 5.19. The van der Waals surface area contributed by atoms with Gasteiger partial charge in [-0.15, -0.1) is 0 Å². The number of methoxy groups -OCH3 is 3. The zero-order valence-corrected chi connectivity index (χ0v) is 17.5. The van der Waals surface area contributed by atoms with E-state index in [4.69, 9.17) is 14.2 Å². The number of esters is 1. The Labute approximate surface area is 178 Å². The molecule has 0 saturated heterocycles. The number of aromatic nitrogens is 2. The lowest BCUT2D eigenvalue weighted by Gasteiger charge is -2.23. The number of para-hydroxylation sites is 1. The van der Waals surface area contributed by atoms with E-state index in [1.807, 2.05) is 0 Å². The highest BCUT2D eigenvalue weighted by atomic mass is 16.5. The van der Waals surface area contributed by atoms with Crippen molar-refractivity contribution in [2.75, 3.05) is 27.9 Å². The summed E-state index contributed by atoms with van der Waals surface area (Å²) in [5.74, 6) is 0.204. The summed E-state index contributed by atoms with van der Waals surface area (Å²) in [6.07, 6.45) is 1.17. The summed E-state index contributed by atoms with van der Waals surface area (Å²) < 4.78 is 16.7. The zero-order chi connectivity index (χ0) is 22.4. The summed E-state index contributed by atoms with van der Waals surface area (Å²) in [4.78, 5) is 38.5. The summed E-state index contributed by atoms with van der Waals surface area (Å²) in [6, 6.07) is 12.1. The van der Waals surface area contributed by atoms with Crippen LogP contribution in [0.5, 0.6) is 11.5 Å². The summed E-state index contributed by atoms with van der Waals surface area (Å²) in [5.41, 5.74) is 1.02. The highest BCUT2D eigenvalue weighted by Crippen LogP contribution is 2.23. The highest BCUT2D eigenvalue weighted by Gasteiger charge is 2.20. The Morgan fingerprint density at radius 1 is 1.03 bits per heavy atom. The molecule has 3 rings (SSSR count). The second-order valence-corrected chi connectivity index (χ2v) is 6.73. The molecule has 3 aromatic rings. The van der Waals surface area contributed by atoms with E-state index in [0.717, 1.165) is 0 Å². The molecule has 0 unspecified atom stereocenters. The van der Waals surface area contributed by atoms with Gasteiger partial charge in [0.15, 0.2) is 0 Å². The minimum atomic E-state index is -0.555. The standard InChI is InChI=1S/C22H23N3O6/c1-29-16-8-15(9-17(10-16)30-2)12-24(14-22(28)31-3)21(27)13-25-19-7-5-4-6-18(19)20(26)11-23-25/h4-11H,12-14H2,1-3H3. The van der Waals surface area contributed by atoms with E-state index in [9.17, 15) is 14.4 Å². The molecule has 9 nitrogen and oxygen atoms in total. The van der Waals surface area contributed by atoms with Crippen molar-refractivity contribution in [3.8, 4) is 11.5 Å². The average molecular weight is 425 g/mol. The topological polar surface area (TPSA) is 100.0 Å². The Morgan fingerprint density at radius 2 is 1.71 bits per heavy atom. The first-order valence-electron chi connectivity index (χ1n) is 9.46. The molecule has 31 heavy (non-hydrogen) atoms. The van der Waals surface area contributed by atoms with Gasteiger partial charge in [-0.2, -0.15) is 5.10 Å². The third-order valence-electron chi connectivity index (χ3n) is 4.73. The van der Waals surface area contributed by atoms with Crippen LogP contribution in [0.3, 0.4) is 0 Å². The first kappa shape index (κ1) is 21.8. The zero-order valence-electron chi connectivity index (χ0n) is 17.5. The highest BCUT2D eigenvalue weighted by molar-refractivity contribution is 5.84. The average Bonchev–Trinajstić information content (AvgIpc) is 2.80. The third-order valence-corrected chi connectivity index (χ3v) is 4.73.